The van der Waals surface area contributed by atoms with Gasteiger partial charge in [-0.3, -0.25) is 0 Å². The highest BCUT2D eigenvalue weighted by atomic mass is 79.9. The summed E-state index contributed by atoms with van der Waals surface area (Å²) < 4.78 is 6.95. The second-order valence-electron chi connectivity index (χ2n) is 5.58. The summed E-state index contributed by atoms with van der Waals surface area (Å²) in [6.45, 7) is 2.18. The Kier molecular flexibility index (Phi) is 4.33. The average molecular weight is 402 g/mol. The van der Waals surface area contributed by atoms with Crippen molar-refractivity contribution < 1.29 is 4.74 Å². The number of aromatic nitrogens is 2. The lowest BCUT2D eigenvalue weighted by Crippen LogP contribution is -2.26. The molecule has 2 heterocycles. The molecule has 0 aliphatic carbocycles. The predicted molar refractivity (Wildman–Crippen MR) is 102 cm³/mol. The first-order valence-electron chi connectivity index (χ1n) is 7.70. The monoisotopic (exact) mass is 401 g/mol. The van der Waals surface area contributed by atoms with Crippen LogP contribution in [0.4, 0.5) is 5.82 Å². The van der Waals surface area contributed by atoms with Gasteiger partial charge < -0.3 is 9.64 Å². The highest BCUT2D eigenvalue weighted by molar-refractivity contribution is 9.10. The van der Waals surface area contributed by atoms with E-state index < -0.39 is 0 Å². The molecule has 1 aromatic heterocycles. The second-order valence-corrected chi connectivity index (χ2v) is 7.31. The van der Waals surface area contributed by atoms with E-state index in [0.717, 1.165) is 45.6 Å². The molecule has 0 fully saturated rings. The lowest BCUT2D eigenvalue weighted by Gasteiger charge is -2.22. The summed E-state index contributed by atoms with van der Waals surface area (Å²) in [5.74, 6) is 1.90. The van der Waals surface area contributed by atoms with Crippen LogP contribution in [-0.2, 0) is 6.54 Å². The van der Waals surface area contributed by atoms with Crippen LogP contribution in [0.3, 0.4) is 0 Å². The summed E-state index contributed by atoms with van der Waals surface area (Å²) in [6.07, 6.45) is 3.72. The fourth-order valence-electron chi connectivity index (χ4n) is 2.96. The highest BCUT2D eigenvalue weighted by Crippen LogP contribution is 2.34. The Morgan fingerprint density at radius 3 is 3.00 bits per heavy atom. The maximum absolute atomic E-state index is 5.95. The first-order chi connectivity index (χ1) is 11.8. The Hall–Kier alpha value is -1.79. The van der Waals surface area contributed by atoms with Crippen LogP contribution >= 0.6 is 27.7 Å². The third-order valence-corrected chi connectivity index (χ3v) is 5.49. The summed E-state index contributed by atoms with van der Waals surface area (Å²) >= 11 is 5.31. The molecule has 0 unspecified atom stereocenters. The molecule has 1 aliphatic rings. The summed E-state index contributed by atoms with van der Waals surface area (Å²) in [7, 11) is 0. The lowest BCUT2D eigenvalue weighted by atomic mass is 10.1. The maximum Gasteiger partial charge on any atom is 0.140 e. The summed E-state index contributed by atoms with van der Waals surface area (Å²) in [5.41, 5.74) is 2.13. The number of para-hydroxylation sites is 1. The summed E-state index contributed by atoms with van der Waals surface area (Å²) in [5, 5.41) is 1.09. The van der Waals surface area contributed by atoms with E-state index in [1.807, 2.05) is 12.1 Å². The van der Waals surface area contributed by atoms with E-state index in [1.165, 1.54) is 4.90 Å². The van der Waals surface area contributed by atoms with Gasteiger partial charge in [-0.1, -0.05) is 12.1 Å². The molecule has 0 saturated carbocycles. The molecule has 2 aromatic carbocycles. The van der Waals surface area contributed by atoms with Crippen molar-refractivity contribution in [2.24, 2.45) is 0 Å². The van der Waals surface area contributed by atoms with Crippen molar-refractivity contribution in [2.45, 2.75) is 11.4 Å². The third-order valence-electron chi connectivity index (χ3n) is 4.14. The topological polar surface area (TPSA) is 38.2 Å². The molecule has 3 aromatic rings. The van der Waals surface area contributed by atoms with E-state index in [2.05, 4.69) is 61.3 Å². The summed E-state index contributed by atoms with van der Waals surface area (Å²) in [6, 6.07) is 12.5. The fourth-order valence-corrected chi connectivity index (χ4v) is 3.93. The third kappa shape index (κ3) is 2.84. The molecule has 0 N–H and O–H groups in total. The molecule has 4 nitrogen and oxygen atoms in total. The van der Waals surface area contributed by atoms with E-state index in [-0.39, 0.29) is 0 Å². The number of ether oxygens (including phenoxy) is 1. The van der Waals surface area contributed by atoms with Crippen LogP contribution in [-0.4, -0.2) is 29.4 Å². The predicted octanol–water partition coefficient (Wildman–Crippen LogP) is 4.51. The van der Waals surface area contributed by atoms with Gasteiger partial charge in [0.15, 0.2) is 0 Å². The van der Waals surface area contributed by atoms with Gasteiger partial charge in [-0.15, -0.1) is 11.8 Å². The number of rotatable bonds is 2. The van der Waals surface area contributed by atoms with Crippen LogP contribution in [0.2, 0.25) is 0 Å². The van der Waals surface area contributed by atoms with Gasteiger partial charge in [-0.2, -0.15) is 0 Å². The Morgan fingerprint density at radius 1 is 1.21 bits per heavy atom. The van der Waals surface area contributed by atoms with E-state index in [4.69, 9.17) is 4.74 Å². The van der Waals surface area contributed by atoms with E-state index in [0.29, 0.717) is 6.61 Å². The van der Waals surface area contributed by atoms with Crippen molar-refractivity contribution in [1.82, 2.24) is 9.97 Å². The highest BCUT2D eigenvalue weighted by Gasteiger charge is 2.20. The van der Waals surface area contributed by atoms with Crippen molar-refractivity contribution in [3.63, 3.8) is 0 Å². The minimum Gasteiger partial charge on any atom is -0.490 e. The van der Waals surface area contributed by atoms with Crippen LogP contribution in [0.25, 0.3) is 10.9 Å². The van der Waals surface area contributed by atoms with Gasteiger partial charge in [0, 0.05) is 22.4 Å². The van der Waals surface area contributed by atoms with Crippen molar-refractivity contribution in [3.8, 4) is 5.75 Å². The molecule has 6 heteroatoms. The molecular formula is C18H16BrN3OS. The number of benzene rings is 2. The SMILES string of the molecule is CSc1ccc2ncnc(N3CCOc4c(Br)cccc4C3)c2c1. The molecule has 24 heavy (non-hydrogen) atoms. The second kappa shape index (κ2) is 6.61. The molecule has 0 saturated heterocycles. The number of anilines is 1. The molecule has 0 amide bonds. The lowest BCUT2D eigenvalue weighted by molar-refractivity contribution is 0.329. The first-order valence-corrected chi connectivity index (χ1v) is 9.72. The van der Waals surface area contributed by atoms with Crippen molar-refractivity contribution >= 4 is 44.4 Å². The smallest absolute Gasteiger partial charge is 0.140 e. The van der Waals surface area contributed by atoms with E-state index in [1.54, 1.807) is 18.1 Å². The Labute approximate surface area is 153 Å². The van der Waals surface area contributed by atoms with Gasteiger partial charge in [0.1, 0.15) is 24.5 Å². The van der Waals surface area contributed by atoms with E-state index >= 15 is 0 Å². The quantitative estimate of drug-likeness (QED) is 0.590. The molecule has 1 aliphatic heterocycles. The number of hydrogen-bond acceptors (Lipinski definition) is 5. The fraction of sp³-hybridized carbons (Fsp3) is 0.222. The van der Waals surface area contributed by atoms with Crippen molar-refractivity contribution in [2.75, 3.05) is 24.3 Å². The molecular weight excluding hydrogens is 386 g/mol. The standard InChI is InChI=1S/C18H16BrN3OS/c1-24-13-5-6-16-14(9-13)18(21-11-20-16)22-7-8-23-17-12(10-22)3-2-4-15(17)19/h2-6,9,11H,7-8,10H2,1H3. The minimum absolute atomic E-state index is 0.628. The van der Waals surface area contributed by atoms with Crippen LogP contribution < -0.4 is 9.64 Å². The Morgan fingerprint density at radius 2 is 2.12 bits per heavy atom. The van der Waals surface area contributed by atoms with Gasteiger partial charge in [0.2, 0.25) is 0 Å². The normalized spacial score (nSPS) is 14.2. The molecule has 0 atom stereocenters. The summed E-state index contributed by atoms with van der Waals surface area (Å²) in [4.78, 5) is 12.5. The molecule has 4 rings (SSSR count). The minimum atomic E-state index is 0.628. The number of halogens is 1. The van der Waals surface area contributed by atoms with Crippen LogP contribution in [0.15, 0.2) is 52.1 Å². The zero-order valence-corrected chi connectivity index (χ0v) is 15.6. The number of fused-ring (bicyclic) bond motifs is 2. The maximum atomic E-state index is 5.95. The van der Waals surface area contributed by atoms with E-state index in [9.17, 15) is 0 Å². The number of hydrogen-bond donors (Lipinski definition) is 0. The Balaban J connectivity index is 1.80. The Bertz CT molecular complexity index is 903. The first kappa shape index (κ1) is 15.7. The largest absolute Gasteiger partial charge is 0.490 e. The zero-order chi connectivity index (χ0) is 16.5. The van der Waals surface area contributed by atoms with Gasteiger partial charge in [-0.25, -0.2) is 9.97 Å². The van der Waals surface area contributed by atoms with Gasteiger partial charge in [-0.05, 0) is 46.5 Å². The molecule has 0 bridgehead atoms. The van der Waals surface area contributed by atoms with Crippen molar-refractivity contribution in [1.29, 1.82) is 0 Å². The van der Waals surface area contributed by atoms with Gasteiger partial charge in [0.25, 0.3) is 0 Å². The molecule has 0 spiro atoms. The van der Waals surface area contributed by atoms with Gasteiger partial charge >= 0.3 is 0 Å². The average Bonchev–Trinajstić information content (AvgIpc) is 2.84. The van der Waals surface area contributed by atoms with Crippen LogP contribution in [0.5, 0.6) is 5.75 Å². The van der Waals surface area contributed by atoms with Crippen molar-refractivity contribution in [3.05, 3.63) is 52.8 Å². The number of thioether (sulfide) groups is 1. The zero-order valence-electron chi connectivity index (χ0n) is 13.2. The molecule has 122 valence electrons. The van der Waals surface area contributed by atoms with Gasteiger partial charge in [0.05, 0.1) is 16.5 Å². The van der Waals surface area contributed by atoms with Crippen LogP contribution in [0, 0.1) is 0 Å². The number of nitrogens with zero attached hydrogens (tertiary/aromatic N) is 3. The molecule has 0 radical (unpaired) electrons. The van der Waals surface area contributed by atoms with Crippen LogP contribution in [0.1, 0.15) is 5.56 Å².